The fourth-order valence-electron chi connectivity index (χ4n) is 9.57. The monoisotopic (exact) mass is 804 g/mol. The SMILES string of the molecule is COC1CN2CCCC2(COc2nc(N3C4CCC3CN(C(=O)O)C4)c3c4c(c(-c5ncc(F)c6sc(NC(=O)OC(C)(C)C)c(C#N)c56)c(F)c3n2)COC4)C1. The third kappa shape index (κ3) is 6.26. The molecule has 4 saturated heterocycles. The molecule has 5 aliphatic heterocycles. The van der Waals surface area contributed by atoms with Crippen LogP contribution in [0.1, 0.15) is 69.6 Å². The number of carboxylic acid groups (broad SMARTS) is 1. The Bertz CT molecular complexity index is 2370. The quantitative estimate of drug-likeness (QED) is 0.210. The van der Waals surface area contributed by atoms with Gasteiger partial charge in [-0.2, -0.15) is 15.2 Å². The van der Waals surface area contributed by atoms with Crippen LogP contribution in [-0.2, 0) is 27.4 Å². The van der Waals surface area contributed by atoms with Gasteiger partial charge in [0.05, 0.1) is 52.4 Å². The van der Waals surface area contributed by atoms with Gasteiger partial charge in [-0.15, -0.1) is 11.3 Å². The Morgan fingerprint density at radius 1 is 1.14 bits per heavy atom. The second-order valence-corrected chi connectivity index (χ2v) is 17.5. The summed E-state index contributed by atoms with van der Waals surface area (Å²) in [6.45, 7) is 7.62. The molecule has 2 N–H and O–H groups in total. The van der Waals surface area contributed by atoms with Gasteiger partial charge in [0.25, 0.3) is 0 Å². The van der Waals surface area contributed by atoms with E-state index < -0.39 is 29.4 Å². The van der Waals surface area contributed by atoms with E-state index in [4.69, 9.17) is 28.9 Å². The Hall–Kier alpha value is -4.96. The number of benzene rings is 1. The van der Waals surface area contributed by atoms with Crippen LogP contribution >= 0.6 is 11.3 Å². The second-order valence-electron chi connectivity index (χ2n) is 16.5. The van der Waals surface area contributed by atoms with Crippen LogP contribution in [0.5, 0.6) is 6.01 Å². The van der Waals surface area contributed by atoms with E-state index >= 15 is 8.78 Å². The summed E-state index contributed by atoms with van der Waals surface area (Å²) < 4.78 is 57.0. The van der Waals surface area contributed by atoms with Crippen LogP contribution in [-0.4, -0.2) is 111 Å². The van der Waals surface area contributed by atoms with Crippen molar-refractivity contribution in [3.8, 4) is 23.3 Å². The number of carbonyl (C=O) groups excluding carboxylic acids is 1. The Kier molecular flexibility index (Phi) is 9.14. The van der Waals surface area contributed by atoms with Gasteiger partial charge in [0.2, 0.25) is 0 Å². The van der Waals surface area contributed by atoms with Gasteiger partial charge in [0.15, 0.2) is 11.6 Å². The highest BCUT2D eigenvalue weighted by atomic mass is 32.1. The van der Waals surface area contributed by atoms with Gasteiger partial charge in [0.1, 0.15) is 34.6 Å². The molecule has 3 aromatic heterocycles. The number of amides is 2. The summed E-state index contributed by atoms with van der Waals surface area (Å²) in [5.41, 5.74) is -0.238. The van der Waals surface area contributed by atoms with Gasteiger partial charge in [-0.1, -0.05) is 0 Å². The Morgan fingerprint density at radius 2 is 1.89 bits per heavy atom. The molecular weight excluding hydrogens is 763 g/mol. The number of thiophene rings is 1. The van der Waals surface area contributed by atoms with Gasteiger partial charge in [-0.25, -0.2) is 18.4 Å². The zero-order chi connectivity index (χ0) is 40.0. The molecule has 0 aliphatic carbocycles. The summed E-state index contributed by atoms with van der Waals surface area (Å²) in [4.78, 5) is 44.9. The van der Waals surface area contributed by atoms with Crippen molar-refractivity contribution in [1.82, 2.24) is 24.8 Å². The highest BCUT2D eigenvalue weighted by Crippen LogP contribution is 2.49. The summed E-state index contributed by atoms with van der Waals surface area (Å²) in [6, 6.07) is 1.61. The van der Waals surface area contributed by atoms with Crippen molar-refractivity contribution in [2.45, 2.75) is 95.4 Å². The standard InChI is InChI=1S/C39H42F2N8O7S/c1-38(2,3)56-36(50)46-34-22(11-42)27-30(43-12-25(40)32(27)57-34)26-23-16-54-17-24(23)28-31(29(26)41)44-35(55-18-39-8-5-9-48(39)15-21(10-39)53-4)45-33(28)49-19-6-7-20(49)14-47(13-19)37(51)52/h12,19-21H,5-10,13-18H2,1-4H3,(H,46,50)(H,51,52). The zero-order valence-electron chi connectivity index (χ0n) is 32.0. The van der Waals surface area contributed by atoms with E-state index in [9.17, 15) is 20.0 Å². The highest BCUT2D eigenvalue weighted by Gasteiger charge is 2.50. The summed E-state index contributed by atoms with van der Waals surface area (Å²) in [5.74, 6) is -1.09. The highest BCUT2D eigenvalue weighted by molar-refractivity contribution is 7.23. The number of carbonyl (C=O) groups is 2. The summed E-state index contributed by atoms with van der Waals surface area (Å²) in [5, 5.41) is 23.4. The predicted molar refractivity (Wildman–Crippen MR) is 204 cm³/mol. The Labute approximate surface area is 330 Å². The van der Waals surface area contributed by atoms with Crippen LogP contribution in [0.25, 0.3) is 32.2 Å². The zero-order valence-corrected chi connectivity index (χ0v) is 32.8. The number of likely N-dealkylation sites (tertiary alicyclic amines) is 1. The van der Waals surface area contributed by atoms with Crippen molar-refractivity contribution >= 4 is 55.3 Å². The smallest absolute Gasteiger partial charge is 0.412 e. The first kappa shape index (κ1) is 37.6. The molecule has 300 valence electrons. The summed E-state index contributed by atoms with van der Waals surface area (Å²) in [7, 11) is 1.71. The van der Waals surface area contributed by atoms with Gasteiger partial charge < -0.3 is 33.9 Å². The molecule has 5 aliphatic rings. The van der Waals surface area contributed by atoms with Crippen molar-refractivity contribution in [3.05, 3.63) is 34.5 Å². The molecule has 57 heavy (non-hydrogen) atoms. The minimum atomic E-state index is -0.993. The van der Waals surface area contributed by atoms with E-state index in [1.807, 2.05) is 0 Å². The molecule has 8 heterocycles. The molecule has 18 heteroatoms. The third-order valence-corrected chi connectivity index (χ3v) is 13.1. The Morgan fingerprint density at radius 3 is 2.60 bits per heavy atom. The number of halogens is 2. The third-order valence-electron chi connectivity index (χ3n) is 12.0. The summed E-state index contributed by atoms with van der Waals surface area (Å²) >= 11 is 0.827. The molecule has 0 radical (unpaired) electrons. The average Bonchev–Trinajstić information content (AvgIpc) is 3.98. The first-order valence-electron chi connectivity index (χ1n) is 19.1. The number of piperazine rings is 1. The molecule has 4 fully saturated rings. The molecule has 2 bridgehead atoms. The van der Waals surface area contributed by atoms with Crippen LogP contribution in [0.4, 0.5) is 29.2 Å². The molecular formula is C39H42F2N8O7S. The number of anilines is 2. The minimum Gasteiger partial charge on any atom is -0.465 e. The van der Waals surface area contributed by atoms with Crippen LogP contribution in [0.15, 0.2) is 6.20 Å². The number of aromatic nitrogens is 3. The lowest BCUT2D eigenvalue weighted by molar-refractivity contribution is 0.0636. The number of pyridine rings is 1. The van der Waals surface area contributed by atoms with E-state index in [-0.39, 0.29) is 100 Å². The van der Waals surface area contributed by atoms with Gasteiger partial charge in [-0.3, -0.25) is 15.2 Å². The van der Waals surface area contributed by atoms with Gasteiger partial charge in [-0.05, 0) is 70.5 Å². The maximum atomic E-state index is 17.8. The molecule has 2 amide bonds. The topological polar surface area (TPSA) is 175 Å². The van der Waals surface area contributed by atoms with Crippen molar-refractivity contribution in [2.75, 3.05) is 50.1 Å². The van der Waals surface area contributed by atoms with Crippen molar-refractivity contribution in [3.63, 3.8) is 0 Å². The summed E-state index contributed by atoms with van der Waals surface area (Å²) in [6.07, 6.45) is 3.32. The van der Waals surface area contributed by atoms with E-state index in [0.29, 0.717) is 22.3 Å². The number of rotatable bonds is 7. The second kappa shape index (κ2) is 13.9. The van der Waals surface area contributed by atoms with Gasteiger partial charge >= 0.3 is 18.2 Å². The van der Waals surface area contributed by atoms with Gasteiger partial charge in [0, 0.05) is 49.8 Å². The molecule has 9 rings (SSSR count). The lowest BCUT2D eigenvalue weighted by atomic mass is 9.93. The number of hydrogen-bond donors (Lipinski definition) is 2. The van der Waals surface area contributed by atoms with Crippen LogP contribution in [0.3, 0.4) is 0 Å². The van der Waals surface area contributed by atoms with E-state index in [1.165, 1.54) is 4.90 Å². The number of nitrogens with zero attached hydrogens (tertiary/aromatic N) is 7. The maximum Gasteiger partial charge on any atom is 0.412 e. The average molecular weight is 805 g/mol. The molecule has 4 aromatic rings. The van der Waals surface area contributed by atoms with Crippen molar-refractivity contribution < 1.29 is 42.4 Å². The van der Waals surface area contributed by atoms with Crippen LogP contribution in [0.2, 0.25) is 0 Å². The lowest BCUT2D eigenvalue weighted by Gasteiger charge is -2.41. The normalized spacial score (nSPS) is 24.3. The number of ether oxygens (including phenoxy) is 4. The molecule has 1 aromatic carbocycles. The van der Waals surface area contributed by atoms with E-state index in [2.05, 4.69) is 26.2 Å². The predicted octanol–water partition coefficient (Wildman–Crippen LogP) is 6.40. The van der Waals surface area contributed by atoms with Crippen LogP contribution in [0, 0.1) is 23.0 Å². The number of fused-ring (bicyclic) bond motifs is 7. The first-order chi connectivity index (χ1) is 27.3. The van der Waals surface area contributed by atoms with E-state index in [1.54, 1.807) is 27.9 Å². The minimum absolute atomic E-state index is 0.00125. The molecule has 4 unspecified atom stereocenters. The first-order valence-corrected chi connectivity index (χ1v) is 19.9. The fourth-order valence-corrected chi connectivity index (χ4v) is 10.6. The fraction of sp³-hybridized carbons (Fsp3) is 0.538. The van der Waals surface area contributed by atoms with Crippen molar-refractivity contribution in [1.29, 1.82) is 5.26 Å². The molecule has 0 saturated carbocycles. The number of hydrogen-bond acceptors (Lipinski definition) is 13. The Balaban J connectivity index is 1.22. The molecule has 0 spiro atoms. The van der Waals surface area contributed by atoms with E-state index in [0.717, 1.165) is 62.7 Å². The number of methoxy groups -OCH3 is 1. The molecule has 4 atom stereocenters. The van der Waals surface area contributed by atoms with Crippen molar-refractivity contribution in [2.24, 2.45) is 0 Å². The largest absolute Gasteiger partial charge is 0.465 e. The molecule has 15 nitrogen and oxygen atoms in total. The lowest BCUT2D eigenvalue weighted by Crippen LogP contribution is -2.55. The van der Waals surface area contributed by atoms with Crippen LogP contribution < -0.4 is 15.0 Å². The number of nitriles is 1. The maximum absolute atomic E-state index is 17.8. The number of nitrogens with one attached hydrogen (secondary N) is 1.